The van der Waals surface area contributed by atoms with E-state index in [4.69, 9.17) is 18.3 Å². The average molecular weight is 647 g/mol. The molecular formula is C39H58O4Si2. The Bertz CT molecular complexity index is 1200. The minimum absolute atomic E-state index is 0.0140. The van der Waals surface area contributed by atoms with E-state index in [1.165, 1.54) is 15.6 Å². The summed E-state index contributed by atoms with van der Waals surface area (Å²) < 4.78 is 27.5. The summed E-state index contributed by atoms with van der Waals surface area (Å²) in [5, 5.41) is 3.65. The maximum absolute atomic E-state index is 8.01. The van der Waals surface area contributed by atoms with Gasteiger partial charge in [-0.3, -0.25) is 0 Å². The monoisotopic (exact) mass is 646 g/mol. The lowest BCUT2D eigenvalue weighted by Gasteiger charge is -2.51. The highest BCUT2D eigenvalue weighted by atomic mass is 28.4. The van der Waals surface area contributed by atoms with Crippen molar-refractivity contribution in [2.75, 3.05) is 14.2 Å². The minimum Gasteiger partial charge on any atom is -0.413 e. The molecule has 0 bridgehead atoms. The number of methoxy groups -OCH3 is 2. The lowest BCUT2D eigenvalue weighted by molar-refractivity contribution is -0.206. The zero-order chi connectivity index (χ0) is 33.5. The van der Waals surface area contributed by atoms with Crippen LogP contribution in [-0.4, -0.2) is 49.4 Å². The Morgan fingerprint density at radius 1 is 0.689 bits per heavy atom. The fourth-order valence-corrected chi connectivity index (χ4v) is 12.3. The van der Waals surface area contributed by atoms with Crippen LogP contribution in [0.25, 0.3) is 0 Å². The van der Waals surface area contributed by atoms with E-state index in [1.54, 1.807) is 14.2 Å². The molecule has 246 valence electrons. The van der Waals surface area contributed by atoms with Gasteiger partial charge >= 0.3 is 0 Å². The van der Waals surface area contributed by atoms with Gasteiger partial charge in [0.05, 0.1) is 12.2 Å². The first-order chi connectivity index (χ1) is 21.2. The molecule has 0 aliphatic heterocycles. The van der Waals surface area contributed by atoms with Crippen molar-refractivity contribution in [2.45, 2.75) is 91.5 Å². The average Bonchev–Trinajstić information content (AvgIpc) is 3.01. The second kappa shape index (κ2) is 15.5. The molecule has 3 aromatic rings. The lowest BCUT2D eigenvalue weighted by Crippen LogP contribution is -2.72. The first kappa shape index (κ1) is 37.1. The fraction of sp³-hybridized carbons (Fsp3) is 0.487. The molecule has 45 heavy (non-hydrogen) atoms. The molecule has 0 heterocycles. The summed E-state index contributed by atoms with van der Waals surface area (Å²) >= 11 is 0. The molecule has 0 spiro atoms. The molecule has 4 nitrogen and oxygen atoms in total. The Hall–Kier alpha value is -2.33. The molecule has 0 saturated carbocycles. The van der Waals surface area contributed by atoms with Gasteiger partial charge in [0, 0.05) is 25.6 Å². The smallest absolute Gasteiger partial charge is 0.288 e. The van der Waals surface area contributed by atoms with E-state index in [-0.39, 0.29) is 29.1 Å². The van der Waals surface area contributed by atoms with Gasteiger partial charge in [-0.25, -0.2) is 0 Å². The SMILES string of the molecule is C=CC[C@H](C)[C@H](O[Si](C)(C)C(C)(C)C)[C@@H](C)[C@@H](O[Si](c1ccccc1)(c1ccccc1)c1ccccc1)C(C)(C)C(OC)OC. The number of benzene rings is 3. The van der Waals surface area contributed by atoms with Crippen LogP contribution in [0, 0.1) is 17.3 Å². The van der Waals surface area contributed by atoms with Gasteiger partial charge in [0.2, 0.25) is 0 Å². The van der Waals surface area contributed by atoms with Crippen molar-refractivity contribution in [1.29, 1.82) is 0 Å². The van der Waals surface area contributed by atoms with Gasteiger partial charge in [0.25, 0.3) is 8.32 Å². The Kier molecular flexibility index (Phi) is 12.8. The topological polar surface area (TPSA) is 36.9 Å². The fourth-order valence-electron chi connectivity index (χ4n) is 6.52. The van der Waals surface area contributed by atoms with E-state index >= 15 is 0 Å². The number of hydrogen-bond acceptors (Lipinski definition) is 4. The summed E-state index contributed by atoms with van der Waals surface area (Å²) in [5.74, 6) is 0.221. The third-order valence-electron chi connectivity index (χ3n) is 9.95. The second-order valence-corrected chi connectivity index (χ2v) is 22.7. The van der Waals surface area contributed by atoms with Gasteiger partial charge in [-0.1, -0.05) is 146 Å². The summed E-state index contributed by atoms with van der Waals surface area (Å²) in [7, 11) is -1.82. The number of hydrogen-bond donors (Lipinski definition) is 0. The van der Waals surface area contributed by atoms with E-state index in [2.05, 4.69) is 159 Å². The molecule has 4 atom stereocenters. The van der Waals surface area contributed by atoms with Crippen LogP contribution in [0.15, 0.2) is 104 Å². The molecule has 0 aromatic heterocycles. The van der Waals surface area contributed by atoms with Crippen LogP contribution < -0.4 is 15.6 Å². The zero-order valence-electron chi connectivity index (χ0n) is 29.7. The molecule has 3 aromatic carbocycles. The molecule has 0 saturated heterocycles. The van der Waals surface area contributed by atoms with E-state index in [0.717, 1.165) is 6.42 Å². The highest BCUT2D eigenvalue weighted by molar-refractivity contribution is 7.07. The van der Waals surface area contributed by atoms with Crippen molar-refractivity contribution in [3.05, 3.63) is 104 Å². The number of ether oxygens (including phenoxy) is 2. The molecule has 3 rings (SSSR count). The van der Waals surface area contributed by atoms with Crippen LogP contribution in [0.3, 0.4) is 0 Å². The zero-order valence-corrected chi connectivity index (χ0v) is 31.7. The predicted molar refractivity (Wildman–Crippen MR) is 196 cm³/mol. The van der Waals surface area contributed by atoms with E-state index < -0.39 is 28.3 Å². The molecule has 0 aliphatic rings. The Morgan fingerprint density at radius 2 is 1.09 bits per heavy atom. The summed E-state index contributed by atoms with van der Waals surface area (Å²) in [6, 6.07) is 32.4. The van der Waals surface area contributed by atoms with Crippen molar-refractivity contribution in [1.82, 2.24) is 0 Å². The summed E-state index contributed by atoms with van der Waals surface area (Å²) in [6.45, 7) is 24.8. The van der Waals surface area contributed by atoms with Crippen molar-refractivity contribution in [3.63, 3.8) is 0 Å². The molecule has 0 N–H and O–H groups in total. The van der Waals surface area contributed by atoms with Crippen molar-refractivity contribution in [2.24, 2.45) is 17.3 Å². The molecule has 0 fully saturated rings. The summed E-state index contributed by atoms with van der Waals surface area (Å²) in [6.07, 6.45) is 1.99. The van der Waals surface area contributed by atoms with Gasteiger partial charge in [-0.15, -0.1) is 6.58 Å². The van der Waals surface area contributed by atoms with Gasteiger partial charge in [0.1, 0.15) is 0 Å². The second-order valence-electron chi connectivity index (χ2n) is 14.6. The maximum Gasteiger partial charge on any atom is 0.288 e. The van der Waals surface area contributed by atoms with Gasteiger partial charge < -0.3 is 18.3 Å². The van der Waals surface area contributed by atoms with Gasteiger partial charge in [0.15, 0.2) is 14.6 Å². The molecule has 0 radical (unpaired) electrons. The van der Waals surface area contributed by atoms with Crippen LogP contribution in [0.4, 0.5) is 0 Å². The third-order valence-corrected chi connectivity index (χ3v) is 18.5. The molecule has 0 aliphatic carbocycles. The molecular weight excluding hydrogens is 589 g/mol. The maximum atomic E-state index is 8.01. The van der Waals surface area contributed by atoms with Crippen molar-refractivity contribution < 1.29 is 18.3 Å². The first-order valence-electron chi connectivity index (χ1n) is 16.4. The highest BCUT2D eigenvalue weighted by Crippen LogP contribution is 2.44. The van der Waals surface area contributed by atoms with Gasteiger partial charge in [-0.05, 0) is 46.0 Å². The highest BCUT2D eigenvalue weighted by Gasteiger charge is 2.53. The lowest BCUT2D eigenvalue weighted by atomic mass is 9.75. The first-order valence-corrected chi connectivity index (χ1v) is 21.2. The minimum atomic E-state index is -3.10. The van der Waals surface area contributed by atoms with Crippen LogP contribution in [0.5, 0.6) is 0 Å². The van der Waals surface area contributed by atoms with E-state index in [1.807, 2.05) is 6.08 Å². The van der Waals surface area contributed by atoms with E-state index in [0.29, 0.717) is 0 Å². The summed E-state index contributed by atoms with van der Waals surface area (Å²) in [4.78, 5) is 0. The van der Waals surface area contributed by atoms with Crippen LogP contribution in [0.1, 0.15) is 54.9 Å². The predicted octanol–water partition coefficient (Wildman–Crippen LogP) is 7.92. The number of allylic oxidation sites excluding steroid dienone is 1. The van der Waals surface area contributed by atoms with E-state index in [9.17, 15) is 0 Å². The normalized spacial score (nSPS) is 15.8. The van der Waals surface area contributed by atoms with Crippen molar-refractivity contribution in [3.8, 4) is 0 Å². The quantitative estimate of drug-likeness (QED) is 0.0686. The number of rotatable bonds is 16. The Balaban J connectivity index is 2.37. The van der Waals surface area contributed by atoms with Crippen molar-refractivity contribution >= 4 is 32.2 Å². The largest absolute Gasteiger partial charge is 0.413 e. The molecule has 0 unspecified atom stereocenters. The van der Waals surface area contributed by atoms with Gasteiger partial charge in [-0.2, -0.15) is 0 Å². The molecule has 0 amide bonds. The standard InChI is InChI=1S/C39H58O4Si2/c1-13-23-30(2)35(42-44(11,12)38(4,5)6)31(3)36(39(7,8)37(40-9)41-10)43-45(32-24-17-14-18-25-32,33-26-19-15-20-27-33)34-28-21-16-22-29-34/h13-22,24-31,35-37H,1,23H2,2-12H3/t30-,31+,35-,36+/m0/s1. The Morgan fingerprint density at radius 3 is 1.42 bits per heavy atom. The third kappa shape index (κ3) is 8.16. The van der Waals surface area contributed by atoms with Crippen LogP contribution in [0.2, 0.25) is 18.1 Å². The summed E-state index contributed by atoms with van der Waals surface area (Å²) in [5.41, 5.74) is -0.553. The van der Waals surface area contributed by atoms with Crippen LogP contribution in [-0.2, 0) is 18.3 Å². The Labute approximate surface area is 276 Å². The molecule has 6 heteroatoms. The van der Waals surface area contributed by atoms with Crippen LogP contribution >= 0.6 is 0 Å².